The molecule has 1 unspecified atom stereocenters. The Balaban J connectivity index is 2.37. The van der Waals surface area contributed by atoms with Crippen molar-refractivity contribution in [1.29, 1.82) is 0 Å². The van der Waals surface area contributed by atoms with Gasteiger partial charge in [0.25, 0.3) is 0 Å². The van der Waals surface area contributed by atoms with Crippen LogP contribution in [0.4, 0.5) is 0 Å². The smallest absolute Gasteiger partial charge is 0.307 e. The number of carbonyl (C=O) groups is 1. The lowest BCUT2D eigenvalue weighted by molar-refractivity contribution is -0.122. The van der Waals surface area contributed by atoms with Gasteiger partial charge in [0, 0.05) is 24.0 Å². The minimum Gasteiger partial charge on any atom is -0.394 e. The van der Waals surface area contributed by atoms with Crippen LogP contribution in [0, 0.1) is 12.8 Å². The number of hydrogen-bond donors (Lipinski definition) is 2. The maximum Gasteiger partial charge on any atom is 0.307 e. The lowest BCUT2D eigenvalue weighted by Crippen LogP contribution is -2.41. The van der Waals surface area contributed by atoms with Gasteiger partial charge in [0.15, 0.2) is 0 Å². The molecule has 1 atom stereocenters. The van der Waals surface area contributed by atoms with E-state index in [0.717, 1.165) is 5.69 Å². The van der Waals surface area contributed by atoms with Gasteiger partial charge in [-0.25, -0.2) is 0 Å². The fourth-order valence-corrected chi connectivity index (χ4v) is 2.54. The number of aliphatic hydroxyl groups is 1. The molecule has 19 heavy (non-hydrogen) atoms. The van der Waals surface area contributed by atoms with Crippen LogP contribution in [0.2, 0.25) is 0 Å². The summed E-state index contributed by atoms with van der Waals surface area (Å²) >= 11 is 1.18. The lowest BCUT2D eigenvalue weighted by Gasteiger charge is -2.19. The van der Waals surface area contributed by atoms with Gasteiger partial charge in [0.2, 0.25) is 5.91 Å². The van der Waals surface area contributed by atoms with Crippen molar-refractivity contribution in [2.75, 3.05) is 6.61 Å². The zero-order valence-corrected chi connectivity index (χ0v) is 12.5. The molecule has 6 heteroatoms. The number of nitrogens with zero attached hydrogens (tertiary/aromatic N) is 1. The fourth-order valence-electron chi connectivity index (χ4n) is 1.77. The Labute approximate surface area is 117 Å². The van der Waals surface area contributed by atoms with E-state index in [9.17, 15) is 9.59 Å². The maximum atomic E-state index is 11.7. The molecule has 0 spiro atoms. The topological polar surface area (TPSA) is 71.3 Å². The molecule has 1 amide bonds. The average Bonchev–Trinajstić information content (AvgIpc) is 2.67. The third kappa shape index (κ3) is 4.80. The molecule has 0 radical (unpaired) electrons. The predicted molar refractivity (Wildman–Crippen MR) is 76.4 cm³/mol. The van der Waals surface area contributed by atoms with Gasteiger partial charge in [-0.2, -0.15) is 0 Å². The Morgan fingerprint density at radius 2 is 2.21 bits per heavy atom. The van der Waals surface area contributed by atoms with E-state index < -0.39 is 0 Å². The van der Waals surface area contributed by atoms with E-state index in [4.69, 9.17) is 5.11 Å². The summed E-state index contributed by atoms with van der Waals surface area (Å²) in [6.07, 6.45) is 0.991. The van der Waals surface area contributed by atoms with Crippen molar-refractivity contribution in [3.63, 3.8) is 0 Å². The van der Waals surface area contributed by atoms with Crippen LogP contribution in [0.5, 0.6) is 0 Å². The summed E-state index contributed by atoms with van der Waals surface area (Å²) in [4.78, 5) is 23.2. The van der Waals surface area contributed by atoms with Crippen LogP contribution >= 0.6 is 11.3 Å². The quantitative estimate of drug-likeness (QED) is 0.789. The molecule has 0 aliphatic heterocycles. The van der Waals surface area contributed by atoms with Crippen LogP contribution in [-0.2, 0) is 11.3 Å². The SMILES string of the molecule is Cc1csc(=O)n1CCCC(=O)NC(CO)C(C)C. The molecule has 2 N–H and O–H groups in total. The van der Waals surface area contributed by atoms with Gasteiger partial charge >= 0.3 is 4.87 Å². The number of rotatable bonds is 7. The molecule has 1 aromatic heterocycles. The van der Waals surface area contributed by atoms with Crippen molar-refractivity contribution in [2.24, 2.45) is 5.92 Å². The Kier molecular flexibility index (Phi) is 6.24. The van der Waals surface area contributed by atoms with Crippen molar-refractivity contribution >= 4 is 17.2 Å². The van der Waals surface area contributed by atoms with E-state index in [2.05, 4.69) is 5.32 Å². The van der Waals surface area contributed by atoms with E-state index >= 15 is 0 Å². The summed E-state index contributed by atoms with van der Waals surface area (Å²) in [7, 11) is 0. The van der Waals surface area contributed by atoms with Gasteiger partial charge in [-0.1, -0.05) is 25.2 Å². The van der Waals surface area contributed by atoms with Crippen LogP contribution in [0.15, 0.2) is 10.2 Å². The van der Waals surface area contributed by atoms with Crippen molar-refractivity contribution in [2.45, 2.75) is 46.2 Å². The molecule has 0 aliphatic carbocycles. The summed E-state index contributed by atoms with van der Waals surface area (Å²) < 4.78 is 1.68. The monoisotopic (exact) mass is 286 g/mol. The van der Waals surface area contributed by atoms with Crippen LogP contribution in [0.1, 0.15) is 32.4 Å². The van der Waals surface area contributed by atoms with Gasteiger partial charge in [-0.15, -0.1) is 0 Å². The first kappa shape index (κ1) is 15.9. The number of nitrogens with one attached hydrogen (secondary N) is 1. The average molecular weight is 286 g/mol. The van der Waals surface area contributed by atoms with Gasteiger partial charge < -0.3 is 15.0 Å². The van der Waals surface area contributed by atoms with Crippen LogP contribution in [0.25, 0.3) is 0 Å². The molecule has 5 nitrogen and oxygen atoms in total. The molecular weight excluding hydrogens is 264 g/mol. The summed E-state index contributed by atoms with van der Waals surface area (Å²) in [6.45, 7) is 6.31. The largest absolute Gasteiger partial charge is 0.394 e. The highest BCUT2D eigenvalue weighted by atomic mass is 32.1. The zero-order valence-electron chi connectivity index (χ0n) is 11.7. The standard InChI is InChI=1S/C13H22N2O3S/c1-9(2)11(7-16)14-12(17)5-4-6-15-10(3)8-19-13(15)18/h8-9,11,16H,4-7H2,1-3H3,(H,14,17). The Bertz CT molecular complexity index is 465. The lowest BCUT2D eigenvalue weighted by atomic mass is 10.1. The molecule has 0 bridgehead atoms. The van der Waals surface area contributed by atoms with Crippen LogP contribution in [0.3, 0.4) is 0 Å². The first-order valence-electron chi connectivity index (χ1n) is 6.50. The summed E-state index contributed by atoms with van der Waals surface area (Å²) in [5.74, 6) is 0.129. The van der Waals surface area contributed by atoms with E-state index in [0.29, 0.717) is 19.4 Å². The minimum atomic E-state index is -0.196. The highest BCUT2D eigenvalue weighted by Crippen LogP contribution is 2.04. The molecule has 1 heterocycles. The van der Waals surface area contributed by atoms with Gasteiger partial charge in [0.05, 0.1) is 12.6 Å². The van der Waals surface area contributed by atoms with Gasteiger partial charge in [0.1, 0.15) is 0 Å². The number of aromatic nitrogens is 1. The number of aliphatic hydroxyl groups excluding tert-OH is 1. The van der Waals surface area contributed by atoms with Crippen molar-refractivity contribution in [3.8, 4) is 0 Å². The predicted octanol–water partition coefficient (Wildman–Crippen LogP) is 1.13. The van der Waals surface area contributed by atoms with E-state index in [1.54, 1.807) is 4.57 Å². The second-order valence-corrected chi connectivity index (χ2v) is 5.82. The Hall–Kier alpha value is -1.14. The molecule has 0 saturated carbocycles. The van der Waals surface area contributed by atoms with E-state index in [1.807, 2.05) is 26.2 Å². The van der Waals surface area contributed by atoms with E-state index in [-0.39, 0.29) is 29.3 Å². The summed E-state index contributed by atoms with van der Waals surface area (Å²) in [5, 5.41) is 13.8. The maximum absolute atomic E-state index is 11.7. The molecule has 108 valence electrons. The first-order valence-corrected chi connectivity index (χ1v) is 7.38. The van der Waals surface area contributed by atoms with Gasteiger partial charge in [-0.05, 0) is 19.3 Å². The van der Waals surface area contributed by atoms with Crippen molar-refractivity contribution < 1.29 is 9.90 Å². The molecule has 1 aromatic rings. The zero-order chi connectivity index (χ0) is 14.4. The number of hydrogen-bond acceptors (Lipinski definition) is 4. The van der Waals surface area contributed by atoms with Crippen LogP contribution < -0.4 is 10.2 Å². The van der Waals surface area contributed by atoms with Gasteiger partial charge in [-0.3, -0.25) is 9.59 Å². The Morgan fingerprint density at radius 1 is 1.53 bits per heavy atom. The first-order chi connectivity index (χ1) is 8.95. The molecule has 0 fully saturated rings. The third-order valence-corrected chi connectivity index (χ3v) is 3.99. The summed E-state index contributed by atoms with van der Waals surface area (Å²) in [6, 6.07) is -0.196. The summed E-state index contributed by atoms with van der Waals surface area (Å²) in [5.41, 5.74) is 0.936. The normalized spacial score (nSPS) is 12.7. The number of carbonyl (C=O) groups excluding carboxylic acids is 1. The molecule has 0 aromatic carbocycles. The number of aryl methyl sites for hydroxylation is 1. The van der Waals surface area contributed by atoms with Crippen molar-refractivity contribution in [3.05, 3.63) is 20.7 Å². The number of amides is 1. The second-order valence-electron chi connectivity index (χ2n) is 5.00. The second kappa shape index (κ2) is 7.45. The molecule has 1 rings (SSSR count). The molecule has 0 aliphatic rings. The third-order valence-electron chi connectivity index (χ3n) is 3.11. The highest BCUT2D eigenvalue weighted by molar-refractivity contribution is 7.07. The van der Waals surface area contributed by atoms with Crippen molar-refractivity contribution in [1.82, 2.24) is 9.88 Å². The highest BCUT2D eigenvalue weighted by Gasteiger charge is 2.14. The Morgan fingerprint density at radius 3 is 2.68 bits per heavy atom. The molecular formula is C13H22N2O3S. The van der Waals surface area contributed by atoms with E-state index in [1.165, 1.54) is 11.3 Å². The molecule has 0 saturated heterocycles. The minimum absolute atomic E-state index is 0.0216. The van der Waals surface area contributed by atoms with Crippen LogP contribution in [-0.4, -0.2) is 28.2 Å². The number of thiazole rings is 1. The fraction of sp³-hybridized carbons (Fsp3) is 0.692.